The number of hydrogen-bond donors (Lipinski definition) is 1. The fraction of sp³-hybridized carbons (Fsp3) is 0.350. The number of para-hydroxylation sites is 1. The van der Waals surface area contributed by atoms with Gasteiger partial charge in [-0.25, -0.2) is 0 Å². The van der Waals surface area contributed by atoms with Crippen molar-refractivity contribution >= 4 is 5.91 Å². The van der Waals surface area contributed by atoms with Gasteiger partial charge in [0.25, 0.3) is 5.91 Å². The number of aryl methyl sites for hydroxylation is 1. The molecular formula is C20H24N2O2. The van der Waals surface area contributed by atoms with Gasteiger partial charge in [-0.1, -0.05) is 36.4 Å². The quantitative estimate of drug-likeness (QED) is 0.940. The van der Waals surface area contributed by atoms with Gasteiger partial charge in [-0.2, -0.15) is 0 Å². The van der Waals surface area contributed by atoms with Crippen LogP contribution in [0.15, 0.2) is 48.5 Å². The molecule has 0 unspecified atom stereocenters. The van der Waals surface area contributed by atoms with Crippen LogP contribution < -0.4 is 10.5 Å². The fourth-order valence-corrected chi connectivity index (χ4v) is 2.97. The third kappa shape index (κ3) is 3.77. The van der Waals surface area contributed by atoms with Crippen molar-refractivity contribution in [2.45, 2.75) is 32.4 Å². The lowest BCUT2D eigenvalue weighted by molar-refractivity contribution is 0.0710. The van der Waals surface area contributed by atoms with Crippen LogP contribution in [0.1, 0.15) is 34.3 Å². The minimum atomic E-state index is 0.0299. The van der Waals surface area contributed by atoms with Gasteiger partial charge in [0.05, 0.1) is 5.56 Å². The number of ether oxygens (including phenoxy) is 1. The highest BCUT2D eigenvalue weighted by Gasteiger charge is 2.23. The Bertz CT molecular complexity index is 706. The number of rotatable bonds is 4. The van der Waals surface area contributed by atoms with Crippen molar-refractivity contribution in [3.8, 4) is 5.75 Å². The summed E-state index contributed by atoms with van der Waals surface area (Å²) >= 11 is 0. The van der Waals surface area contributed by atoms with Gasteiger partial charge >= 0.3 is 0 Å². The molecule has 1 saturated heterocycles. The smallest absolute Gasteiger partial charge is 0.257 e. The first kappa shape index (κ1) is 16.5. The van der Waals surface area contributed by atoms with Crippen molar-refractivity contribution in [3.05, 3.63) is 65.2 Å². The van der Waals surface area contributed by atoms with Crippen molar-refractivity contribution in [3.63, 3.8) is 0 Å². The second-order valence-electron chi connectivity index (χ2n) is 6.34. The maximum Gasteiger partial charge on any atom is 0.257 e. The van der Waals surface area contributed by atoms with E-state index >= 15 is 0 Å². The lowest BCUT2D eigenvalue weighted by Gasteiger charge is -2.30. The summed E-state index contributed by atoms with van der Waals surface area (Å²) in [7, 11) is 0. The van der Waals surface area contributed by atoms with Crippen molar-refractivity contribution in [2.24, 2.45) is 5.73 Å². The summed E-state index contributed by atoms with van der Waals surface area (Å²) in [5, 5.41) is 0. The minimum Gasteiger partial charge on any atom is -0.488 e. The molecule has 1 aliphatic rings. The molecule has 0 spiro atoms. The number of nitrogens with zero attached hydrogens (tertiary/aromatic N) is 1. The van der Waals surface area contributed by atoms with Crippen LogP contribution in [-0.2, 0) is 6.61 Å². The van der Waals surface area contributed by atoms with Gasteiger partial charge in [-0.05, 0) is 43.0 Å². The van der Waals surface area contributed by atoms with Gasteiger partial charge in [0.15, 0.2) is 0 Å². The summed E-state index contributed by atoms with van der Waals surface area (Å²) in [4.78, 5) is 14.7. The Kier molecular flexibility index (Phi) is 5.16. The first-order valence-electron chi connectivity index (χ1n) is 8.46. The molecule has 24 heavy (non-hydrogen) atoms. The predicted molar refractivity (Wildman–Crippen MR) is 95.1 cm³/mol. The molecule has 0 bridgehead atoms. The number of hydrogen-bond acceptors (Lipinski definition) is 3. The van der Waals surface area contributed by atoms with Crippen LogP contribution in [0.2, 0.25) is 0 Å². The maximum atomic E-state index is 12.8. The molecule has 0 saturated carbocycles. The van der Waals surface area contributed by atoms with Gasteiger partial charge in [-0.3, -0.25) is 4.79 Å². The van der Waals surface area contributed by atoms with Crippen molar-refractivity contribution in [1.82, 2.24) is 4.90 Å². The molecule has 4 heteroatoms. The number of amides is 1. The Morgan fingerprint density at radius 2 is 1.79 bits per heavy atom. The van der Waals surface area contributed by atoms with E-state index in [-0.39, 0.29) is 11.9 Å². The molecule has 0 atom stereocenters. The molecule has 2 aromatic carbocycles. The minimum absolute atomic E-state index is 0.0299. The molecule has 4 nitrogen and oxygen atoms in total. The number of piperidine rings is 1. The first-order chi connectivity index (χ1) is 11.6. The lowest BCUT2D eigenvalue weighted by atomic mass is 10.0. The topological polar surface area (TPSA) is 55.6 Å². The third-order valence-corrected chi connectivity index (χ3v) is 4.59. The van der Waals surface area contributed by atoms with E-state index in [1.807, 2.05) is 47.4 Å². The van der Waals surface area contributed by atoms with E-state index < -0.39 is 0 Å². The Balaban J connectivity index is 1.73. The number of benzene rings is 2. The molecule has 2 N–H and O–H groups in total. The average molecular weight is 324 g/mol. The molecule has 1 amide bonds. The summed E-state index contributed by atoms with van der Waals surface area (Å²) in [6.07, 6.45) is 1.72. The molecule has 2 aromatic rings. The average Bonchev–Trinajstić information content (AvgIpc) is 2.61. The summed E-state index contributed by atoms with van der Waals surface area (Å²) in [5.41, 5.74) is 8.87. The Hall–Kier alpha value is -2.33. The molecule has 1 heterocycles. The number of carbonyl (C=O) groups excluding carboxylic acids is 1. The second-order valence-corrected chi connectivity index (χ2v) is 6.34. The van der Waals surface area contributed by atoms with Crippen molar-refractivity contribution in [2.75, 3.05) is 13.1 Å². The Labute approximate surface area is 143 Å². The van der Waals surface area contributed by atoms with E-state index in [9.17, 15) is 4.79 Å². The van der Waals surface area contributed by atoms with Gasteiger partial charge in [0.2, 0.25) is 0 Å². The summed E-state index contributed by atoms with van der Waals surface area (Å²) in [5.74, 6) is 0.669. The Morgan fingerprint density at radius 1 is 1.12 bits per heavy atom. The van der Waals surface area contributed by atoms with Crippen LogP contribution in [-0.4, -0.2) is 29.9 Å². The summed E-state index contributed by atoms with van der Waals surface area (Å²) in [6, 6.07) is 15.8. The highest BCUT2D eigenvalue weighted by atomic mass is 16.5. The highest BCUT2D eigenvalue weighted by molar-refractivity contribution is 5.97. The van der Waals surface area contributed by atoms with E-state index in [1.54, 1.807) is 0 Å². The molecule has 126 valence electrons. The predicted octanol–water partition coefficient (Wildman–Crippen LogP) is 3.14. The zero-order valence-electron chi connectivity index (χ0n) is 14.1. The first-order valence-corrected chi connectivity index (χ1v) is 8.46. The lowest BCUT2D eigenvalue weighted by Crippen LogP contribution is -2.42. The summed E-state index contributed by atoms with van der Waals surface area (Å²) in [6.45, 7) is 3.95. The molecule has 0 aliphatic carbocycles. The standard InChI is InChI=1S/C20H24N2O2/c1-15-6-2-3-7-16(15)14-24-19-9-5-4-8-18(19)20(23)22-12-10-17(21)11-13-22/h2-9,17H,10-14,21H2,1H3. The fourth-order valence-electron chi connectivity index (χ4n) is 2.97. The Morgan fingerprint density at radius 3 is 2.54 bits per heavy atom. The monoisotopic (exact) mass is 324 g/mol. The SMILES string of the molecule is Cc1ccccc1COc1ccccc1C(=O)N1CCC(N)CC1. The molecule has 1 aliphatic heterocycles. The van der Waals surface area contributed by atoms with Crippen LogP contribution in [0.4, 0.5) is 0 Å². The maximum absolute atomic E-state index is 12.8. The van der Waals surface area contributed by atoms with Crippen molar-refractivity contribution < 1.29 is 9.53 Å². The van der Waals surface area contributed by atoms with E-state index in [0.29, 0.717) is 31.0 Å². The van der Waals surface area contributed by atoms with E-state index in [4.69, 9.17) is 10.5 Å². The molecule has 0 aromatic heterocycles. The highest BCUT2D eigenvalue weighted by Crippen LogP contribution is 2.23. The zero-order valence-corrected chi connectivity index (χ0v) is 14.1. The molecule has 3 rings (SSSR count). The summed E-state index contributed by atoms with van der Waals surface area (Å²) < 4.78 is 5.96. The van der Waals surface area contributed by atoms with Gasteiger partial charge < -0.3 is 15.4 Å². The van der Waals surface area contributed by atoms with E-state index in [2.05, 4.69) is 13.0 Å². The largest absolute Gasteiger partial charge is 0.488 e. The molecule has 0 radical (unpaired) electrons. The van der Waals surface area contributed by atoms with Crippen LogP contribution in [0.5, 0.6) is 5.75 Å². The van der Waals surface area contributed by atoms with Crippen LogP contribution in [0.3, 0.4) is 0 Å². The number of carbonyl (C=O) groups is 1. The molecular weight excluding hydrogens is 300 g/mol. The van der Waals surface area contributed by atoms with Crippen LogP contribution >= 0.6 is 0 Å². The second kappa shape index (κ2) is 7.49. The van der Waals surface area contributed by atoms with Crippen LogP contribution in [0, 0.1) is 6.92 Å². The van der Waals surface area contributed by atoms with E-state index in [0.717, 1.165) is 18.4 Å². The van der Waals surface area contributed by atoms with Crippen LogP contribution in [0.25, 0.3) is 0 Å². The number of likely N-dealkylation sites (tertiary alicyclic amines) is 1. The number of nitrogens with two attached hydrogens (primary N) is 1. The van der Waals surface area contributed by atoms with E-state index in [1.165, 1.54) is 5.56 Å². The van der Waals surface area contributed by atoms with Gasteiger partial charge in [-0.15, -0.1) is 0 Å². The third-order valence-electron chi connectivity index (χ3n) is 4.59. The zero-order chi connectivity index (χ0) is 16.9. The van der Waals surface area contributed by atoms with Crippen molar-refractivity contribution in [1.29, 1.82) is 0 Å². The van der Waals surface area contributed by atoms with Gasteiger partial charge in [0.1, 0.15) is 12.4 Å². The molecule has 1 fully saturated rings. The van der Waals surface area contributed by atoms with Gasteiger partial charge in [0, 0.05) is 19.1 Å². The normalized spacial score (nSPS) is 15.3.